The lowest BCUT2D eigenvalue weighted by atomic mass is 10.00. The van der Waals surface area contributed by atoms with Gasteiger partial charge in [0.05, 0.1) is 11.4 Å². The summed E-state index contributed by atoms with van der Waals surface area (Å²) in [6.45, 7) is 2.67. The van der Waals surface area contributed by atoms with Crippen LogP contribution in [0.15, 0.2) is 48.7 Å². The van der Waals surface area contributed by atoms with Gasteiger partial charge >= 0.3 is 5.97 Å². The molecule has 142 valence electrons. The van der Waals surface area contributed by atoms with Crippen molar-refractivity contribution >= 4 is 23.2 Å². The summed E-state index contributed by atoms with van der Waals surface area (Å²) in [5.74, 6) is -0.710. The summed E-state index contributed by atoms with van der Waals surface area (Å²) in [5.41, 5.74) is 3.70. The number of esters is 1. The molecule has 0 saturated heterocycles. The molecule has 7 heteroatoms. The number of carbonyl (C=O) groups is 2. The highest BCUT2D eigenvalue weighted by molar-refractivity contribution is 7.17. The van der Waals surface area contributed by atoms with Crippen molar-refractivity contribution in [3.05, 3.63) is 70.4 Å². The minimum Gasteiger partial charge on any atom is -0.451 e. The molecule has 0 aliphatic carbocycles. The van der Waals surface area contributed by atoms with Gasteiger partial charge in [-0.3, -0.25) is 9.78 Å². The number of hydrogen-bond donors (Lipinski definition) is 0. The van der Waals surface area contributed by atoms with E-state index in [4.69, 9.17) is 4.74 Å². The molecular weight excluding hydrogens is 374 g/mol. The second kappa shape index (κ2) is 7.90. The van der Waals surface area contributed by atoms with Gasteiger partial charge in [0.15, 0.2) is 6.61 Å². The molecule has 1 amide bonds. The van der Waals surface area contributed by atoms with E-state index in [-0.39, 0.29) is 12.5 Å². The second-order valence-electron chi connectivity index (χ2n) is 6.56. The van der Waals surface area contributed by atoms with Crippen LogP contribution in [0, 0.1) is 6.92 Å². The molecule has 1 aliphatic heterocycles. The zero-order chi connectivity index (χ0) is 19.5. The Kier molecular flexibility index (Phi) is 5.16. The molecule has 0 unspecified atom stereocenters. The standard InChI is InChI=1S/C21H19N3O3S/c1-14-19(28-20(23-14)17-8-4-5-10-22-17)21(26)27-13-18(25)24-11-9-15-6-2-3-7-16(15)12-24/h2-8,10H,9,11-13H2,1H3. The first kappa shape index (κ1) is 18.3. The van der Waals surface area contributed by atoms with Crippen molar-refractivity contribution in [2.45, 2.75) is 19.9 Å². The topological polar surface area (TPSA) is 72.4 Å². The van der Waals surface area contributed by atoms with Crippen LogP contribution in [0.4, 0.5) is 0 Å². The van der Waals surface area contributed by atoms with Crippen molar-refractivity contribution in [3.63, 3.8) is 0 Å². The molecule has 0 radical (unpaired) electrons. The Morgan fingerprint density at radius 3 is 2.71 bits per heavy atom. The van der Waals surface area contributed by atoms with E-state index in [1.54, 1.807) is 18.0 Å². The van der Waals surface area contributed by atoms with Gasteiger partial charge in [-0.1, -0.05) is 30.3 Å². The number of hydrogen-bond acceptors (Lipinski definition) is 6. The predicted molar refractivity (Wildman–Crippen MR) is 106 cm³/mol. The number of amides is 1. The Hall–Kier alpha value is -3.06. The highest BCUT2D eigenvalue weighted by Gasteiger charge is 2.23. The van der Waals surface area contributed by atoms with Crippen molar-refractivity contribution in [1.82, 2.24) is 14.9 Å². The van der Waals surface area contributed by atoms with Crippen LogP contribution in [-0.2, 0) is 22.5 Å². The smallest absolute Gasteiger partial charge is 0.350 e. The Morgan fingerprint density at radius 1 is 1.14 bits per heavy atom. The number of aryl methyl sites for hydroxylation is 1. The van der Waals surface area contributed by atoms with Crippen LogP contribution in [0.25, 0.3) is 10.7 Å². The second-order valence-corrected chi connectivity index (χ2v) is 7.56. The summed E-state index contributed by atoms with van der Waals surface area (Å²) in [6, 6.07) is 13.6. The first-order valence-electron chi connectivity index (χ1n) is 9.02. The van der Waals surface area contributed by atoms with Crippen molar-refractivity contribution in [2.24, 2.45) is 0 Å². The zero-order valence-electron chi connectivity index (χ0n) is 15.4. The summed E-state index contributed by atoms with van der Waals surface area (Å²) in [4.78, 5) is 35.7. The molecule has 28 heavy (non-hydrogen) atoms. The van der Waals surface area contributed by atoms with Gasteiger partial charge in [0.1, 0.15) is 9.88 Å². The van der Waals surface area contributed by atoms with Crippen molar-refractivity contribution < 1.29 is 14.3 Å². The van der Waals surface area contributed by atoms with Gasteiger partial charge in [-0.05, 0) is 36.6 Å². The summed E-state index contributed by atoms with van der Waals surface area (Å²) in [6.07, 6.45) is 2.50. The zero-order valence-corrected chi connectivity index (χ0v) is 16.2. The van der Waals surface area contributed by atoms with Gasteiger partial charge in [-0.2, -0.15) is 0 Å². The fraction of sp³-hybridized carbons (Fsp3) is 0.238. The average molecular weight is 393 g/mol. The molecule has 6 nitrogen and oxygen atoms in total. The number of nitrogens with zero attached hydrogens (tertiary/aromatic N) is 3. The van der Waals surface area contributed by atoms with E-state index in [1.807, 2.05) is 36.4 Å². The Bertz CT molecular complexity index is 1020. The summed E-state index contributed by atoms with van der Waals surface area (Å²) >= 11 is 1.23. The van der Waals surface area contributed by atoms with E-state index in [0.29, 0.717) is 34.4 Å². The summed E-state index contributed by atoms with van der Waals surface area (Å²) < 4.78 is 5.28. The molecule has 0 spiro atoms. The van der Waals surface area contributed by atoms with Crippen molar-refractivity contribution in [3.8, 4) is 10.7 Å². The minimum atomic E-state index is -0.525. The molecular formula is C21H19N3O3S. The largest absolute Gasteiger partial charge is 0.451 e. The molecule has 3 heterocycles. The molecule has 2 aromatic heterocycles. The fourth-order valence-corrected chi connectivity index (χ4v) is 4.11. The third-order valence-electron chi connectivity index (χ3n) is 4.68. The third kappa shape index (κ3) is 3.80. The lowest BCUT2D eigenvalue weighted by Gasteiger charge is -2.28. The van der Waals surface area contributed by atoms with Gasteiger partial charge in [0, 0.05) is 19.3 Å². The SMILES string of the molecule is Cc1nc(-c2ccccn2)sc1C(=O)OCC(=O)N1CCc2ccccc2C1. The van der Waals surface area contributed by atoms with Gasteiger partial charge in [0.2, 0.25) is 0 Å². The molecule has 0 saturated carbocycles. The van der Waals surface area contributed by atoms with Crippen LogP contribution in [-0.4, -0.2) is 39.9 Å². The van der Waals surface area contributed by atoms with E-state index in [9.17, 15) is 9.59 Å². The van der Waals surface area contributed by atoms with Crippen molar-refractivity contribution in [1.29, 1.82) is 0 Å². The molecule has 1 aromatic carbocycles. The minimum absolute atomic E-state index is 0.185. The number of aromatic nitrogens is 2. The van der Waals surface area contributed by atoms with Crippen molar-refractivity contribution in [2.75, 3.05) is 13.2 Å². The number of thiazole rings is 1. The lowest BCUT2D eigenvalue weighted by Crippen LogP contribution is -2.38. The number of fused-ring (bicyclic) bond motifs is 1. The van der Waals surface area contributed by atoms with Gasteiger partial charge in [-0.25, -0.2) is 9.78 Å². The van der Waals surface area contributed by atoms with Crippen LogP contribution in [0.1, 0.15) is 26.5 Å². The van der Waals surface area contributed by atoms with E-state index in [2.05, 4.69) is 16.0 Å². The summed E-state index contributed by atoms with van der Waals surface area (Å²) in [5, 5.41) is 0.656. The maximum atomic E-state index is 12.5. The molecule has 3 aromatic rings. The normalized spacial score (nSPS) is 13.1. The Balaban J connectivity index is 1.38. The molecule has 1 aliphatic rings. The van der Waals surface area contributed by atoms with Crippen LogP contribution >= 0.6 is 11.3 Å². The van der Waals surface area contributed by atoms with Crippen LogP contribution < -0.4 is 0 Å². The Morgan fingerprint density at radius 2 is 1.93 bits per heavy atom. The maximum Gasteiger partial charge on any atom is 0.350 e. The lowest BCUT2D eigenvalue weighted by molar-refractivity contribution is -0.135. The Labute approximate surface area is 166 Å². The van der Waals surface area contributed by atoms with E-state index < -0.39 is 5.97 Å². The summed E-state index contributed by atoms with van der Waals surface area (Å²) in [7, 11) is 0. The monoisotopic (exact) mass is 393 g/mol. The number of carbonyl (C=O) groups excluding carboxylic acids is 2. The van der Waals surface area contributed by atoms with Gasteiger partial charge < -0.3 is 9.64 Å². The van der Waals surface area contributed by atoms with E-state index in [0.717, 1.165) is 12.0 Å². The van der Waals surface area contributed by atoms with Crippen LogP contribution in [0.5, 0.6) is 0 Å². The highest BCUT2D eigenvalue weighted by atomic mass is 32.1. The quantitative estimate of drug-likeness (QED) is 0.636. The van der Waals surface area contributed by atoms with Crippen LogP contribution in [0.3, 0.4) is 0 Å². The molecule has 0 N–H and O–H groups in total. The van der Waals surface area contributed by atoms with Gasteiger partial charge in [0.25, 0.3) is 5.91 Å². The molecule has 0 atom stereocenters. The maximum absolute atomic E-state index is 12.5. The fourth-order valence-electron chi connectivity index (χ4n) is 3.18. The molecule has 4 rings (SSSR count). The first-order valence-corrected chi connectivity index (χ1v) is 9.84. The predicted octanol–water partition coefficient (Wildman–Crippen LogP) is 3.26. The first-order chi connectivity index (χ1) is 13.6. The number of rotatable bonds is 4. The number of benzene rings is 1. The average Bonchev–Trinajstić information content (AvgIpc) is 3.14. The number of ether oxygens (including phenoxy) is 1. The van der Waals surface area contributed by atoms with Gasteiger partial charge in [-0.15, -0.1) is 11.3 Å². The van der Waals surface area contributed by atoms with E-state index in [1.165, 1.54) is 16.9 Å². The molecule has 0 fully saturated rings. The highest BCUT2D eigenvalue weighted by Crippen LogP contribution is 2.27. The van der Waals surface area contributed by atoms with E-state index >= 15 is 0 Å². The van der Waals surface area contributed by atoms with Crippen LogP contribution in [0.2, 0.25) is 0 Å². The number of pyridine rings is 1. The molecule has 0 bridgehead atoms. The third-order valence-corrected chi connectivity index (χ3v) is 5.84.